The summed E-state index contributed by atoms with van der Waals surface area (Å²) in [6.45, 7) is 8.82. The van der Waals surface area contributed by atoms with Gasteiger partial charge >= 0.3 is 0 Å². The summed E-state index contributed by atoms with van der Waals surface area (Å²) >= 11 is 0. The highest BCUT2D eigenvalue weighted by Crippen LogP contribution is 2.55. The first kappa shape index (κ1) is 14.9. The number of aryl methyl sites for hydroxylation is 1. The molecule has 0 heterocycles. The van der Waals surface area contributed by atoms with E-state index in [-0.39, 0.29) is 23.0 Å². The fourth-order valence-electron chi connectivity index (χ4n) is 4.07. The average molecular weight is 288 g/mol. The molecule has 0 aromatic heterocycles. The molecule has 2 aliphatic carbocycles. The van der Waals surface area contributed by atoms with Gasteiger partial charge in [0, 0.05) is 11.8 Å². The van der Waals surface area contributed by atoms with Crippen LogP contribution in [0, 0.1) is 12.3 Å². The second-order valence-electron chi connectivity index (χ2n) is 8.05. The van der Waals surface area contributed by atoms with Gasteiger partial charge in [-0.2, -0.15) is 0 Å². The van der Waals surface area contributed by atoms with E-state index >= 15 is 0 Å². The largest absolute Gasteiger partial charge is 0.489 e. The third kappa shape index (κ3) is 2.48. The van der Waals surface area contributed by atoms with Crippen LogP contribution in [-0.2, 0) is 5.41 Å². The van der Waals surface area contributed by atoms with E-state index in [0.717, 1.165) is 25.0 Å². The van der Waals surface area contributed by atoms with E-state index in [1.807, 2.05) is 0 Å². The van der Waals surface area contributed by atoms with E-state index in [1.165, 1.54) is 24.0 Å². The van der Waals surface area contributed by atoms with E-state index in [1.54, 1.807) is 0 Å². The van der Waals surface area contributed by atoms with E-state index in [2.05, 4.69) is 45.9 Å². The predicted octanol–water partition coefficient (Wildman–Crippen LogP) is 4.36. The van der Waals surface area contributed by atoms with Crippen molar-refractivity contribution in [1.82, 2.24) is 0 Å². The van der Waals surface area contributed by atoms with Crippen LogP contribution < -0.4 is 4.74 Å². The fraction of sp³-hybridized carbons (Fsp3) is 0.684. The lowest BCUT2D eigenvalue weighted by Crippen LogP contribution is -2.58. The quantitative estimate of drug-likeness (QED) is 0.876. The Balaban J connectivity index is 1.86. The van der Waals surface area contributed by atoms with Crippen LogP contribution in [0.3, 0.4) is 0 Å². The maximum atomic E-state index is 10.2. The maximum Gasteiger partial charge on any atom is 0.123 e. The minimum atomic E-state index is -0.159. The van der Waals surface area contributed by atoms with Gasteiger partial charge in [-0.25, -0.2) is 0 Å². The SMILES string of the molecule is Cc1ccc(OC2CC(O)C23CCCC3)c(C(C)(C)C)c1. The summed E-state index contributed by atoms with van der Waals surface area (Å²) in [5, 5.41) is 10.2. The Bertz CT molecular complexity index is 521. The highest BCUT2D eigenvalue weighted by atomic mass is 16.5. The van der Waals surface area contributed by atoms with E-state index in [9.17, 15) is 5.11 Å². The second kappa shape index (κ2) is 5.01. The topological polar surface area (TPSA) is 29.5 Å². The van der Waals surface area contributed by atoms with Crippen molar-refractivity contribution in [3.63, 3.8) is 0 Å². The van der Waals surface area contributed by atoms with Gasteiger partial charge in [-0.3, -0.25) is 0 Å². The molecule has 2 nitrogen and oxygen atoms in total. The molecule has 1 spiro atoms. The summed E-state index contributed by atoms with van der Waals surface area (Å²) in [4.78, 5) is 0. The van der Waals surface area contributed by atoms with Crippen molar-refractivity contribution >= 4 is 0 Å². The molecule has 2 atom stereocenters. The first-order valence-electron chi connectivity index (χ1n) is 8.29. The van der Waals surface area contributed by atoms with Crippen molar-refractivity contribution in [2.75, 3.05) is 0 Å². The number of aliphatic hydroxyl groups excluding tert-OH is 1. The van der Waals surface area contributed by atoms with Gasteiger partial charge in [0.05, 0.1) is 6.10 Å². The zero-order chi connectivity index (χ0) is 15.3. The Morgan fingerprint density at radius 3 is 2.43 bits per heavy atom. The minimum Gasteiger partial charge on any atom is -0.489 e. The molecular weight excluding hydrogens is 260 g/mol. The lowest BCUT2D eigenvalue weighted by atomic mass is 9.62. The standard InChI is InChI=1S/C19H28O2/c1-13-7-8-15(14(11-13)18(2,3)4)21-17-12-16(20)19(17)9-5-6-10-19/h7-8,11,16-17,20H,5-6,9-10,12H2,1-4H3. The van der Waals surface area contributed by atoms with Crippen LogP contribution in [0.5, 0.6) is 5.75 Å². The minimum absolute atomic E-state index is 0.0417. The first-order valence-corrected chi connectivity index (χ1v) is 8.29. The summed E-state index contributed by atoms with van der Waals surface area (Å²) in [5.41, 5.74) is 2.67. The fourth-order valence-corrected chi connectivity index (χ4v) is 4.07. The highest BCUT2D eigenvalue weighted by Gasteiger charge is 2.57. The summed E-state index contributed by atoms with van der Waals surface area (Å²) in [7, 11) is 0. The number of rotatable bonds is 2. The highest BCUT2D eigenvalue weighted by molar-refractivity contribution is 5.41. The number of hydrogen-bond acceptors (Lipinski definition) is 2. The molecule has 2 heteroatoms. The normalized spacial score (nSPS) is 27.7. The lowest BCUT2D eigenvalue weighted by molar-refractivity contribution is -0.152. The van der Waals surface area contributed by atoms with Crippen molar-refractivity contribution < 1.29 is 9.84 Å². The molecule has 0 saturated heterocycles. The van der Waals surface area contributed by atoms with Crippen molar-refractivity contribution in [1.29, 1.82) is 0 Å². The number of hydrogen-bond donors (Lipinski definition) is 1. The Morgan fingerprint density at radius 1 is 1.19 bits per heavy atom. The van der Waals surface area contributed by atoms with Gasteiger partial charge in [-0.05, 0) is 36.8 Å². The van der Waals surface area contributed by atoms with Crippen LogP contribution in [0.25, 0.3) is 0 Å². The summed E-state index contributed by atoms with van der Waals surface area (Å²) < 4.78 is 6.41. The molecule has 21 heavy (non-hydrogen) atoms. The van der Waals surface area contributed by atoms with Gasteiger partial charge in [-0.15, -0.1) is 0 Å². The second-order valence-corrected chi connectivity index (χ2v) is 8.05. The molecule has 0 radical (unpaired) electrons. The van der Waals surface area contributed by atoms with Crippen LogP contribution in [0.2, 0.25) is 0 Å². The maximum absolute atomic E-state index is 10.2. The molecule has 1 aromatic carbocycles. The van der Waals surface area contributed by atoms with Gasteiger partial charge in [0.25, 0.3) is 0 Å². The van der Waals surface area contributed by atoms with Crippen molar-refractivity contribution in [2.45, 2.75) is 77.4 Å². The van der Waals surface area contributed by atoms with Gasteiger partial charge < -0.3 is 9.84 Å². The molecule has 2 unspecified atom stereocenters. The molecule has 2 fully saturated rings. The molecule has 0 amide bonds. The Kier molecular flexibility index (Phi) is 3.56. The first-order chi connectivity index (χ1) is 9.83. The van der Waals surface area contributed by atoms with Crippen LogP contribution in [0.1, 0.15) is 64.0 Å². The Labute approximate surface area is 128 Å². The number of aliphatic hydroxyl groups is 1. The van der Waals surface area contributed by atoms with Gasteiger partial charge in [0.2, 0.25) is 0 Å². The molecule has 1 N–H and O–H groups in total. The Hall–Kier alpha value is -1.02. The monoisotopic (exact) mass is 288 g/mol. The zero-order valence-corrected chi connectivity index (χ0v) is 13.8. The molecule has 0 aliphatic heterocycles. The third-order valence-electron chi connectivity index (χ3n) is 5.49. The molecule has 2 aliphatic rings. The summed E-state index contributed by atoms with van der Waals surface area (Å²) in [5.74, 6) is 1.01. The third-order valence-corrected chi connectivity index (χ3v) is 5.49. The van der Waals surface area contributed by atoms with Crippen LogP contribution in [0.4, 0.5) is 0 Å². The lowest BCUT2D eigenvalue weighted by Gasteiger charge is -2.51. The van der Waals surface area contributed by atoms with Crippen molar-refractivity contribution in [3.05, 3.63) is 29.3 Å². The number of ether oxygens (including phenoxy) is 1. The van der Waals surface area contributed by atoms with E-state index in [0.29, 0.717) is 0 Å². The molecule has 0 bridgehead atoms. The Morgan fingerprint density at radius 2 is 1.86 bits per heavy atom. The zero-order valence-electron chi connectivity index (χ0n) is 13.8. The van der Waals surface area contributed by atoms with E-state index < -0.39 is 0 Å². The van der Waals surface area contributed by atoms with Crippen LogP contribution in [0.15, 0.2) is 18.2 Å². The smallest absolute Gasteiger partial charge is 0.123 e. The molecule has 116 valence electrons. The van der Waals surface area contributed by atoms with Gasteiger partial charge in [-0.1, -0.05) is 51.3 Å². The van der Waals surface area contributed by atoms with Crippen molar-refractivity contribution in [3.8, 4) is 5.75 Å². The average Bonchev–Trinajstić information content (AvgIpc) is 2.91. The van der Waals surface area contributed by atoms with Gasteiger partial charge in [0.1, 0.15) is 11.9 Å². The van der Waals surface area contributed by atoms with Crippen LogP contribution >= 0.6 is 0 Å². The summed E-state index contributed by atoms with van der Waals surface area (Å²) in [6, 6.07) is 6.48. The van der Waals surface area contributed by atoms with Gasteiger partial charge in [0.15, 0.2) is 0 Å². The predicted molar refractivity (Wildman–Crippen MR) is 85.8 cm³/mol. The molecule has 2 saturated carbocycles. The molecule has 1 aromatic rings. The van der Waals surface area contributed by atoms with Crippen molar-refractivity contribution in [2.24, 2.45) is 5.41 Å². The summed E-state index contributed by atoms with van der Waals surface area (Å²) in [6.07, 6.45) is 5.53. The van der Waals surface area contributed by atoms with Crippen LogP contribution in [-0.4, -0.2) is 17.3 Å². The van der Waals surface area contributed by atoms with E-state index in [4.69, 9.17) is 4.74 Å². The molecular formula is C19H28O2. The number of benzene rings is 1. The molecule has 3 rings (SSSR count).